The molecular weight excluding hydrogens is 469 g/mol. The van der Waals surface area contributed by atoms with E-state index in [1.807, 2.05) is 30.3 Å². The lowest BCUT2D eigenvalue weighted by Crippen LogP contribution is -2.36. The van der Waals surface area contributed by atoms with Crippen LogP contribution in [0.25, 0.3) is 11.5 Å². The number of aryl methyl sites for hydroxylation is 1. The van der Waals surface area contributed by atoms with Crippen LogP contribution in [-0.4, -0.2) is 23.1 Å². The van der Waals surface area contributed by atoms with E-state index in [0.717, 1.165) is 22.7 Å². The quantitative estimate of drug-likeness (QED) is 0.302. The second-order valence-electron chi connectivity index (χ2n) is 6.66. The zero-order valence-electron chi connectivity index (χ0n) is 16.5. The van der Waals surface area contributed by atoms with Crippen molar-refractivity contribution in [3.05, 3.63) is 59.3 Å². The van der Waals surface area contributed by atoms with Crippen LogP contribution < -0.4 is 10.6 Å². The van der Waals surface area contributed by atoms with Crippen LogP contribution in [0.2, 0.25) is 0 Å². The maximum atomic E-state index is 5.58. The second kappa shape index (κ2) is 10.3. The van der Waals surface area contributed by atoms with E-state index in [2.05, 4.69) is 46.5 Å². The second-order valence-corrected chi connectivity index (χ2v) is 6.66. The van der Waals surface area contributed by atoms with E-state index in [1.165, 1.54) is 5.56 Å². The number of hydrogen-bond acceptors (Lipinski definition) is 5. The van der Waals surface area contributed by atoms with Gasteiger partial charge in [-0.3, -0.25) is 4.99 Å². The van der Waals surface area contributed by atoms with Gasteiger partial charge in [-0.25, -0.2) is 4.98 Å². The summed E-state index contributed by atoms with van der Waals surface area (Å²) in [5.41, 5.74) is 3.91. The Morgan fingerprint density at radius 3 is 2.50 bits per heavy atom. The van der Waals surface area contributed by atoms with E-state index >= 15 is 0 Å². The molecule has 0 amide bonds. The molecular formula is C20H26IN5O2. The molecule has 0 spiro atoms. The third kappa shape index (κ3) is 5.82. The fourth-order valence-electron chi connectivity index (χ4n) is 2.47. The van der Waals surface area contributed by atoms with Crippen molar-refractivity contribution < 1.29 is 8.94 Å². The molecule has 150 valence electrons. The summed E-state index contributed by atoms with van der Waals surface area (Å²) < 4.78 is 10.9. The molecule has 0 radical (unpaired) electrons. The number of aromatic nitrogens is 2. The van der Waals surface area contributed by atoms with E-state index < -0.39 is 0 Å². The molecule has 3 aromatic rings. The lowest BCUT2D eigenvalue weighted by molar-refractivity contribution is 0.372. The van der Waals surface area contributed by atoms with Crippen molar-refractivity contribution in [1.82, 2.24) is 20.8 Å². The molecule has 8 heteroatoms. The van der Waals surface area contributed by atoms with E-state index in [4.69, 9.17) is 8.94 Å². The zero-order valence-corrected chi connectivity index (χ0v) is 18.9. The lowest BCUT2D eigenvalue weighted by Gasteiger charge is -2.09. The number of halogens is 1. The van der Waals surface area contributed by atoms with E-state index in [9.17, 15) is 0 Å². The van der Waals surface area contributed by atoms with E-state index in [0.29, 0.717) is 30.9 Å². The van der Waals surface area contributed by atoms with E-state index in [1.54, 1.807) is 13.3 Å². The zero-order chi connectivity index (χ0) is 19.2. The Kier molecular flexibility index (Phi) is 8.04. The summed E-state index contributed by atoms with van der Waals surface area (Å²) in [5.74, 6) is 2.37. The van der Waals surface area contributed by atoms with Crippen LogP contribution in [-0.2, 0) is 13.1 Å². The number of oxazole rings is 1. The number of nitrogens with zero attached hydrogens (tertiary/aromatic N) is 3. The van der Waals surface area contributed by atoms with Crippen LogP contribution in [0.4, 0.5) is 0 Å². The van der Waals surface area contributed by atoms with Crippen LogP contribution >= 0.6 is 24.0 Å². The van der Waals surface area contributed by atoms with Crippen LogP contribution in [0.3, 0.4) is 0 Å². The standard InChI is InChI=1S/C20H25N5O2.HI/c1-13(2)18-9-17(27-25-18)11-23-20(21-4)22-10-16-12-26-19(24-16)15-7-5-14(3)6-8-15;/h5-9,12-13H,10-11H2,1-4H3,(H2,21,22,23);1H. The third-order valence-electron chi connectivity index (χ3n) is 4.11. The van der Waals surface area contributed by atoms with Crippen molar-refractivity contribution in [2.45, 2.75) is 39.8 Å². The average molecular weight is 495 g/mol. The summed E-state index contributed by atoms with van der Waals surface area (Å²) in [4.78, 5) is 8.73. The molecule has 0 unspecified atom stereocenters. The van der Waals surface area contributed by atoms with Gasteiger partial charge in [0.25, 0.3) is 0 Å². The first kappa shape index (κ1) is 21.9. The van der Waals surface area contributed by atoms with Crippen molar-refractivity contribution in [1.29, 1.82) is 0 Å². The van der Waals surface area contributed by atoms with Gasteiger partial charge in [-0.2, -0.15) is 0 Å². The Bertz CT molecular complexity index is 899. The number of benzene rings is 1. The number of hydrogen-bond donors (Lipinski definition) is 2. The fraction of sp³-hybridized carbons (Fsp3) is 0.350. The average Bonchev–Trinajstić information content (AvgIpc) is 3.32. The van der Waals surface area contributed by atoms with Crippen molar-refractivity contribution in [3.8, 4) is 11.5 Å². The fourth-order valence-corrected chi connectivity index (χ4v) is 2.47. The van der Waals surface area contributed by atoms with Gasteiger partial charge in [0.1, 0.15) is 6.26 Å². The molecule has 0 saturated heterocycles. The topological polar surface area (TPSA) is 88.5 Å². The molecule has 0 aliphatic heterocycles. The van der Waals surface area contributed by atoms with Crippen LogP contribution in [0.15, 0.2) is 50.5 Å². The number of nitrogens with one attached hydrogen (secondary N) is 2. The van der Waals surface area contributed by atoms with Crippen LogP contribution in [0.1, 0.15) is 42.5 Å². The molecule has 7 nitrogen and oxygen atoms in total. The summed E-state index contributed by atoms with van der Waals surface area (Å²) in [6.45, 7) is 7.22. The first-order chi connectivity index (χ1) is 13.0. The van der Waals surface area contributed by atoms with Gasteiger partial charge in [0.15, 0.2) is 11.7 Å². The molecule has 2 N–H and O–H groups in total. The first-order valence-electron chi connectivity index (χ1n) is 8.96. The van der Waals surface area contributed by atoms with Gasteiger partial charge >= 0.3 is 0 Å². The Morgan fingerprint density at radius 2 is 1.86 bits per heavy atom. The summed E-state index contributed by atoms with van der Waals surface area (Å²) in [6, 6.07) is 10.0. The molecule has 0 aliphatic rings. The minimum Gasteiger partial charge on any atom is -0.444 e. The lowest BCUT2D eigenvalue weighted by atomic mass is 10.1. The Labute approximate surface area is 182 Å². The SMILES string of the molecule is CN=C(NCc1coc(-c2ccc(C)cc2)n1)NCc1cc(C(C)C)no1.I. The van der Waals surface area contributed by atoms with E-state index in [-0.39, 0.29) is 24.0 Å². The molecule has 3 rings (SSSR count). The molecule has 2 aromatic heterocycles. The van der Waals surface area contributed by atoms with Gasteiger partial charge in [0.2, 0.25) is 5.89 Å². The number of aliphatic imine (C=N–C) groups is 1. The maximum absolute atomic E-state index is 5.58. The molecule has 0 bridgehead atoms. The molecule has 0 aliphatic carbocycles. The minimum absolute atomic E-state index is 0. The third-order valence-corrected chi connectivity index (χ3v) is 4.11. The van der Waals surface area contributed by atoms with Crippen molar-refractivity contribution in [2.24, 2.45) is 4.99 Å². The predicted molar refractivity (Wildman–Crippen MR) is 120 cm³/mol. The summed E-state index contributed by atoms with van der Waals surface area (Å²) in [6.07, 6.45) is 1.65. The summed E-state index contributed by atoms with van der Waals surface area (Å²) in [5, 5.41) is 10.5. The highest BCUT2D eigenvalue weighted by Gasteiger charge is 2.10. The smallest absolute Gasteiger partial charge is 0.226 e. The van der Waals surface area contributed by atoms with Gasteiger partial charge in [0, 0.05) is 18.7 Å². The number of guanidine groups is 1. The molecule has 0 fully saturated rings. The molecule has 0 saturated carbocycles. The van der Waals surface area contributed by atoms with Crippen molar-refractivity contribution in [2.75, 3.05) is 7.05 Å². The monoisotopic (exact) mass is 495 g/mol. The van der Waals surface area contributed by atoms with Gasteiger partial charge in [-0.05, 0) is 25.0 Å². The minimum atomic E-state index is 0. The highest BCUT2D eigenvalue weighted by atomic mass is 127. The maximum Gasteiger partial charge on any atom is 0.226 e. The van der Waals surface area contributed by atoms with Crippen molar-refractivity contribution in [3.63, 3.8) is 0 Å². The molecule has 1 aromatic carbocycles. The predicted octanol–water partition coefficient (Wildman–Crippen LogP) is 4.24. The van der Waals surface area contributed by atoms with Crippen molar-refractivity contribution >= 4 is 29.9 Å². The Balaban J connectivity index is 0.00000280. The Hall–Kier alpha value is -2.36. The first-order valence-corrected chi connectivity index (χ1v) is 8.96. The molecule has 0 atom stereocenters. The Morgan fingerprint density at radius 1 is 1.14 bits per heavy atom. The highest BCUT2D eigenvalue weighted by molar-refractivity contribution is 14.0. The number of rotatable bonds is 6. The normalized spacial score (nSPS) is 11.4. The largest absolute Gasteiger partial charge is 0.444 e. The summed E-state index contributed by atoms with van der Waals surface area (Å²) in [7, 11) is 1.72. The summed E-state index contributed by atoms with van der Waals surface area (Å²) >= 11 is 0. The van der Waals surface area contributed by atoms with Gasteiger partial charge < -0.3 is 19.6 Å². The molecule has 2 heterocycles. The van der Waals surface area contributed by atoms with Gasteiger partial charge in [0.05, 0.1) is 24.5 Å². The molecule has 28 heavy (non-hydrogen) atoms. The van der Waals surface area contributed by atoms with Crippen LogP contribution in [0, 0.1) is 6.92 Å². The van der Waals surface area contributed by atoms with Gasteiger partial charge in [-0.1, -0.05) is 36.7 Å². The van der Waals surface area contributed by atoms with Crippen LogP contribution in [0.5, 0.6) is 0 Å². The highest BCUT2D eigenvalue weighted by Crippen LogP contribution is 2.19. The van der Waals surface area contributed by atoms with Gasteiger partial charge in [-0.15, -0.1) is 24.0 Å².